The Labute approximate surface area is 117 Å². The van der Waals surface area contributed by atoms with E-state index in [4.69, 9.17) is 10.9 Å². The van der Waals surface area contributed by atoms with E-state index >= 15 is 0 Å². The van der Waals surface area contributed by atoms with Crippen LogP contribution in [0.3, 0.4) is 0 Å². The fourth-order valence-electron chi connectivity index (χ4n) is 1.76. The molecule has 3 N–H and O–H groups in total. The molecule has 0 heterocycles. The molecule has 0 aliphatic carbocycles. The van der Waals surface area contributed by atoms with Gasteiger partial charge in [-0.25, -0.2) is 4.39 Å². The van der Waals surface area contributed by atoms with Crippen LogP contribution < -0.4 is 5.73 Å². The Morgan fingerprint density at radius 2 is 2.21 bits per heavy atom. The van der Waals surface area contributed by atoms with Crippen LogP contribution in [0.5, 0.6) is 0 Å². The van der Waals surface area contributed by atoms with E-state index in [0.717, 1.165) is 11.3 Å². The third-order valence-electron chi connectivity index (χ3n) is 2.95. The Morgan fingerprint density at radius 3 is 2.79 bits per heavy atom. The maximum absolute atomic E-state index is 13.5. The summed E-state index contributed by atoms with van der Waals surface area (Å²) in [5.74, 6) is 0.546. The first-order valence-corrected chi connectivity index (χ1v) is 7.33. The predicted molar refractivity (Wildman–Crippen MR) is 78.2 cm³/mol. The van der Waals surface area contributed by atoms with Crippen molar-refractivity contribution in [3.05, 3.63) is 35.1 Å². The molecule has 0 amide bonds. The van der Waals surface area contributed by atoms with Gasteiger partial charge >= 0.3 is 0 Å². The van der Waals surface area contributed by atoms with Gasteiger partial charge in [0.25, 0.3) is 0 Å². The van der Waals surface area contributed by atoms with Crippen molar-refractivity contribution in [1.82, 2.24) is 4.90 Å². The second-order valence-electron chi connectivity index (χ2n) is 4.55. The molecule has 0 fully saturated rings. The lowest BCUT2D eigenvalue weighted by molar-refractivity contribution is 0.269. The van der Waals surface area contributed by atoms with Gasteiger partial charge in [0.2, 0.25) is 0 Å². The van der Waals surface area contributed by atoms with E-state index in [-0.39, 0.29) is 11.7 Å². The highest BCUT2D eigenvalue weighted by Crippen LogP contribution is 2.13. The van der Waals surface area contributed by atoms with Crippen LogP contribution in [0, 0.1) is 5.82 Å². The Kier molecular flexibility index (Phi) is 6.11. The Bertz CT molecular complexity index is 454. The first-order valence-electron chi connectivity index (χ1n) is 5.94. The number of nitrogens with zero attached hydrogens (tertiary/aromatic N) is 2. The van der Waals surface area contributed by atoms with Gasteiger partial charge in [-0.2, -0.15) is 11.8 Å². The standard InChI is InChI=1S/C13H20FN3OS/c1-9(8-19-3)17(2)7-10-4-11(13(15)16-18)6-12(14)5-10/h4-6,9,18H,7-8H2,1-3H3,(H2,15,16). The number of halogens is 1. The third-order valence-corrected chi connectivity index (χ3v) is 3.77. The summed E-state index contributed by atoms with van der Waals surface area (Å²) in [5.41, 5.74) is 6.68. The van der Waals surface area contributed by atoms with Gasteiger partial charge < -0.3 is 10.9 Å². The lowest BCUT2D eigenvalue weighted by atomic mass is 10.1. The summed E-state index contributed by atoms with van der Waals surface area (Å²) in [4.78, 5) is 2.14. The molecule has 19 heavy (non-hydrogen) atoms. The summed E-state index contributed by atoms with van der Waals surface area (Å²) in [6.07, 6.45) is 2.06. The molecule has 0 bridgehead atoms. The highest BCUT2D eigenvalue weighted by molar-refractivity contribution is 7.98. The van der Waals surface area contributed by atoms with E-state index < -0.39 is 0 Å². The van der Waals surface area contributed by atoms with Gasteiger partial charge in [0.1, 0.15) is 5.82 Å². The molecule has 0 saturated heterocycles. The van der Waals surface area contributed by atoms with Crippen molar-refractivity contribution in [2.75, 3.05) is 19.1 Å². The van der Waals surface area contributed by atoms with Gasteiger partial charge in [-0.3, -0.25) is 4.90 Å². The normalized spacial score (nSPS) is 13.8. The van der Waals surface area contributed by atoms with Crippen molar-refractivity contribution in [2.24, 2.45) is 10.9 Å². The van der Waals surface area contributed by atoms with E-state index in [1.165, 1.54) is 12.1 Å². The number of hydrogen-bond acceptors (Lipinski definition) is 4. The molecular formula is C13H20FN3OS. The molecule has 106 valence electrons. The molecule has 0 radical (unpaired) electrons. The number of nitrogens with two attached hydrogens (primary N) is 1. The van der Waals surface area contributed by atoms with E-state index in [0.29, 0.717) is 18.2 Å². The Morgan fingerprint density at radius 1 is 1.53 bits per heavy atom. The lowest BCUT2D eigenvalue weighted by Gasteiger charge is -2.24. The van der Waals surface area contributed by atoms with E-state index in [9.17, 15) is 4.39 Å². The predicted octanol–water partition coefficient (Wildman–Crippen LogP) is 2.10. The zero-order valence-corrected chi connectivity index (χ0v) is 12.2. The zero-order valence-electron chi connectivity index (χ0n) is 11.4. The molecule has 1 aromatic rings. The van der Waals surface area contributed by atoms with Crippen LogP contribution in [0.25, 0.3) is 0 Å². The van der Waals surface area contributed by atoms with Crippen molar-refractivity contribution in [3.63, 3.8) is 0 Å². The Hall–Kier alpha value is -1.27. The van der Waals surface area contributed by atoms with Crippen LogP contribution in [0.4, 0.5) is 4.39 Å². The number of amidine groups is 1. The zero-order chi connectivity index (χ0) is 14.4. The fourth-order valence-corrected chi connectivity index (χ4v) is 2.50. The highest BCUT2D eigenvalue weighted by atomic mass is 32.2. The summed E-state index contributed by atoms with van der Waals surface area (Å²) in [5, 5.41) is 11.5. The molecule has 0 aliphatic heterocycles. The van der Waals surface area contributed by atoms with Gasteiger partial charge in [-0.15, -0.1) is 0 Å². The number of thioether (sulfide) groups is 1. The van der Waals surface area contributed by atoms with Crippen LogP contribution in [-0.2, 0) is 6.54 Å². The summed E-state index contributed by atoms with van der Waals surface area (Å²) >= 11 is 1.78. The van der Waals surface area contributed by atoms with Crippen LogP contribution >= 0.6 is 11.8 Å². The topological polar surface area (TPSA) is 61.8 Å². The molecule has 0 aromatic heterocycles. The van der Waals surface area contributed by atoms with Crippen LogP contribution in [0.15, 0.2) is 23.4 Å². The number of hydrogen-bond donors (Lipinski definition) is 2. The number of rotatable bonds is 6. The van der Waals surface area contributed by atoms with Crippen molar-refractivity contribution in [2.45, 2.75) is 19.5 Å². The SMILES string of the molecule is CSCC(C)N(C)Cc1cc(F)cc(/C(N)=N/O)c1. The molecule has 1 atom stereocenters. The largest absolute Gasteiger partial charge is 0.409 e. The van der Waals surface area contributed by atoms with Gasteiger partial charge in [0.15, 0.2) is 5.84 Å². The molecule has 1 aromatic carbocycles. The van der Waals surface area contributed by atoms with E-state index in [2.05, 4.69) is 23.2 Å². The molecule has 6 heteroatoms. The minimum atomic E-state index is -0.384. The summed E-state index contributed by atoms with van der Waals surface area (Å²) < 4.78 is 13.5. The molecule has 0 aliphatic rings. The van der Waals surface area contributed by atoms with Crippen molar-refractivity contribution in [3.8, 4) is 0 Å². The number of benzene rings is 1. The monoisotopic (exact) mass is 285 g/mol. The maximum atomic E-state index is 13.5. The first kappa shape index (κ1) is 15.8. The molecule has 1 unspecified atom stereocenters. The van der Waals surface area contributed by atoms with Crippen LogP contribution in [0.1, 0.15) is 18.1 Å². The minimum Gasteiger partial charge on any atom is -0.409 e. The van der Waals surface area contributed by atoms with Crippen molar-refractivity contribution in [1.29, 1.82) is 0 Å². The quantitative estimate of drug-likeness (QED) is 0.364. The van der Waals surface area contributed by atoms with Crippen LogP contribution in [-0.4, -0.2) is 41.0 Å². The summed E-state index contributed by atoms with van der Waals surface area (Å²) in [6, 6.07) is 4.85. The second kappa shape index (κ2) is 7.35. The average Bonchev–Trinajstić information content (AvgIpc) is 2.37. The summed E-state index contributed by atoms with van der Waals surface area (Å²) in [7, 11) is 1.99. The molecule has 1 rings (SSSR count). The van der Waals surface area contributed by atoms with E-state index in [1.54, 1.807) is 17.8 Å². The van der Waals surface area contributed by atoms with Crippen molar-refractivity contribution >= 4 is 17.6 Å². The first-order chi connectivity index (χ1) is 8.97. The number of oxime groups is 1. The van der Waals surface area contributed by atoms with E-state index in [1.807, 2.05) is 7.05 Å². The van der Waals surface area contributed by atoms with Gasteiger partial charge in [-0.1, -0.05) is 5.16 Å². The van der Waals surface area contributed by atoms with Crippen LogP contribution in [0.2, 0.25) is 0 Å². The Balaban J connectivity index is 2.86. The maximum Gasteiger partial charge on any atom is 0.170 e. The lowest BCUT2D eigenvalue weighted by Crippen LogP contribution is -2.30. The highest BCUT2D eigenvalue weighted by Gasteiger charge is 2.11. The molecule has 0 spiro atoms. The van der Waals surface area contributed by atoms with Gasteiger partial charge in [-0.05, 0) is 44.0 Å². The fraction of sp³-hybridized carbons (Fsp3) is 0.462. The van der Waals surface area contributed by atoms with Gasteiger partial charge in [0, 0.05) is 23.9 Å². The molecular weight excluding hydrogens is 265 g/mol. The van der Waals surface area contributed by atoms with Crippen molar-refractivity contribution < 1.29 is 9.60 Å². The average molecular weight is 285 g/mol. The molecule has 4 nitrogen and oxygen atoms in total. The van der Waals surface area contributed by atoms with Gasteiger partial charge in [0.05, 0.1) is 0 Å². The molecule has 0 saturated carbocycles. The second-order valence-corrected chi connectivity index (χ2v) is 5.46. The smallest absolute Gasteiger partial charge is 0.170 e. The third kappa shape index (κ3) is 4.72. The minimum absolute atomic E-state index is 0.0828. The summed E-state index contributed by atoms with van der Waals surface area (Å²) in [6.45, 7) is 2.74.